The van der Waals surface area contributed by atoms with Crippen LogP contribution < -0.4 is 14.4 Å². The Labute approximate surface area is 192 Å². The summed E-state index contributed by atoms with van der Waals surface area (Å²) in [7, 11) is 5.32. The predicted molar refractivity (Wildman–Crippen MR) is 124 cm³/mol. The maximum Gasteiger partial charge on any atom is 0.256 e. The second kappa shape index (κ2) is 8.99. The number of imidazole rings is 1. The zero-order chi connectivity index (χ0) is 22.7. The standard InChI is InChI=1S/C26H24ClN3O2/c1-29-17-18-30(2)25(29)26(31,22-11-7-8-12-23(22)27)24(28-20-9-5-4-6-10-20)19-13-15-21(32-3)16-14-19/h4-18H,1-3H3. The Morgan fingerprint density at radius 3 is 2.25 bits per heavy atom. The lowest BCUT2D eigenvalue weighted by Gasteiger charge is -2.39. The molecule has 0 aliphatic rings. The van der Waals surface area contributed by atoms with Crippen molar-refractivity contribution in [2.24, 2.45) is 19.1 Å². The van der Waals surface area contributed by atoms with Crippen LogP contribution in [-0.4, -0.2) is 17.4 Å². The number of hydrogen-bond acceptors (Lipinski definition) is 3. The number of ether oxygens (including phenoxy) is 1. The lowest BCUT2D eigenvalue weighted by Crippen LogP contribution is -2.57. The fraction of sp³-hybridized carbons (Fsp3) is 0.154. The summed E-state index contributed by atoms with van der Waals surface area (Å²) in [6.45, 7) is 0. The van der Waals surface area contributed by atoms with Crippen LogP contribution in [0.5, 0.6) is 5.75 Å². The summed E-state index contributed by atoms with van der Waals surface area (Å²) in [6.07, 6.45) is 3.71. The molecule has 0 spiro atoms. The maximum atomic E-state index is 15.2. The highest BCUT2D eigenvalue weighted by atomic mass is 35.5. The first-order valence-corrected chi connectivity index (χ1v) is 10.6. The van der Waals surface area contributed by atoms with Gasteiger partial charge >= 0.3 is 0 Å². The molecule has 0 amide bonds. The summed E-state index contributed by atoms with van der Waals surface area (Å²) in [6, 6.07) is 24.0. The SMILES string of the molecule is COc1ccc(C(=Nc2ccccc2)C([O-])(c2ccccc2Cl)c2n(C)cc[n+]2C)cc1. The van der Waals surface area contributed by atoms with Gasteiger partial charge < -0.3 is 9.84 Å². The number of nitrogens with zero attached hydrogens (tertiary/aromatic N) is 3. The van der Waals surface area contributed by atoms with Gasteiger partial charge in [0.25, 0.3) is 5.82 Å². The first-order valence-electron chi connectivity index (χ1n) is 10.2. The minimum absolute atomic E-state index is 0.344. The van der Waals surface area contributed by atoms with E-state index in [0.29, 0.717) is 39.1 Å². The van der Waals surface area contributed by atoms with Crippen LogP contribution in [0.4, 0.5) is 5.69 Å². The summed E-state index contributed by atoms with van der Waals surface area (Å²) in [4.78, 5) is 4.89. The van der Waals surface area contributed by atoms with Crippen LogP contribution in [0.15, 0.2) is 96.2 Å². The van der Waals surface area contributed by atoms with Crippen LogP contribution >= 0.6 is 11.6 Å². The summed E-state index contributed by atoms with van der Waals surface area (Å²) >= 11 is 6.62. The lowest BCUT2D eigenvalue weighted by atomic mass is 9.83. The van der Waals surface area contributed by atoms with Crippen LogP contribution in [0.1, 0.15) is 17.0 Å². The van der Waals surface area contributed by atoms with Crippen LogP contribution in [0.2, 0.25) is 5.02 Å². The number of hydrogen-bond donors (Lipinski definition) is 0. The highest BCUT2D eigenvalue weighted by Crippen LogP contribution is 2.35. The van der Waals surface area contributed by atoms with Gasteiger partial charge in [0, 0.05) is 5.02 Å². The third kappa shape index (κ3) is 3.93. The molecule has 162 valence electrons. The smallest absolute Gasteiger partial charge is 0.256 e. The number of aromatic nitrogens is 2. The van der Waals surface area contributed by atoms with Gasteiger partial charge in [0.1, 0.15) is 18.1 Å². The first-order chi connectivity index (χ1) is 15.4. The molecule has 5 nitrogen and oxygen atoms in total. The molecule has 4 rings (SSSR count). The minimum atomic E-state index is -1.89. The van der Waals surface area contributed by atoms with E-state index in [4.69, 9.17) is 21.3 Å². The van der Waals surface area contributed by atoms with E-state index in [-0.39, 0.29) is 0 Å². The normalized spacial score (nSPS) is 13.6. The predicted octanol–water partition coefficient (Wildman–Crippen LogP) is 3.94. The Hall–Kier alpha value is -3.41. The Morgan fingerprint density at radius 1 is 1.00 bits per heavy atom. The largest absolute Gasteiger partial charge is 0.832 e. The average molecular weight is 446 g/mol. The second-order valence-corrected chi connectivity index (χ2v) is 7.94. The Bertz CT molecular complexity index is 1230. The molecule has 0 bridgehead atoms. The van der Waals surface area contributed by atoms with E-state index in [1.807, 2.05) is 102 Å². The molecule has 1 heterocycles. The molecular formula is C26H24ClN3O2. The summed E-state index contributed by atoms with van der Waals surface area (Å²) < 4.78 is 8.96. The highest BCUT2D eigenvalue weighted by Gasteiger charge is 2.39. The number of rotatable bonds is 6. The molecular weight excluding hydrogens is 422 g/mol. The van der Waals surface area contributed by atoms with Crippen molar-refractivity contribution in [3.63, 3.8) is 0 Å². The Morgan fingerprint density at radius 2 is 1.66 bits per heavy atom. The second-order valence-electron chi connectivity index (χ2n) is 7.53. The van der Waals surface area contributed by atoms with Crippen LogP contribution in [0.25, 0.3) is 0 Å². The van der Waals surface area contributed by atoms with Gasteiger partial charge in [-0.2, -0.15) is 0 Å². The van der Waals surface area contributed by atoms with Crippen molar-refractivity contribution in [2.75, 3.05) is 7.11 Å². The van der Waals surface area contributed by atoms with Gasteiger partial charge in [0.15, 0.2) is 0 Å². The molecule has 0 aliphatic carbocycles. The van der Waals surface area contributed by atoms with Gasteiger partial charge in [0.05, 0.1) is 38.2 Å². The molecule has 1 unspecified atom stereocenters. The molecule has 0 aliphatic heterocycles. The number of methoxy groups -OCH3 is 1. The van der Waals surface area contributed by atoms with Crippen LogP contribution in [0.3, 0.4) is 0 Å². The fourth-order valence-corrected chi connectivity index (χ4v) is 4.18. The van der Waals surface area contributed by atoms with E-state index in [0.717, 1.165) is 0 Å². The average Bonchev–Trinajstić information content (AvgIpc) is 3.16. The number of para-hydroxylation sites is 1. The van der Waals surface area contributed by atoms with Gasteiger partial charge in [0.2, 0.25) is 0 Å². The molecule has 6 heteroatoms. The molecule has 0 saturated carbocycles. The van der Waals surface area contributed by atoms with Crippen molar-refractivity contribution in [3.05, 3.63) is 113 Å². The molecule has 0 radical (unpaired) electrons. The first kappa shape index (κ1) is 21.8. The van der Waals surface area contributed by atoms with Gasteiger partial charge in [-0.3, -0.25) is 4.99 Å². The summed E-state index contributed by atoms with van der Waals surface area (Å²) in [5.74, 6) is 1.21. The monoisotopic (exact) mass is 445 g/mol. The fourth-order valence-electron chi connectivity index (χ4n) is 3.91. The molecule has 1 atom stereocenters. The topological polar surface area (TPSA) is 53.5 Å². The van der Waals surface area contributed by atoms with E-state index in [9.17, 15) is 0 Å². The van der Waals surface area contributed by atoms with Crippen molar-refractivity contribution >= 4 is 23.0 Å². The van der Waals surface area contributed by atoms with E-state index in [2.05, 4.69) is 0 Å². The number of aliphatic imine (C=N–C) groups is 1. The number of halogens is 1. The molecule has 3 aromatic carbocycles. The molecule has 0 fully saturated rings. The van der Waals surface area contributed by atoms with E-state index in [1.165, 1.54) is 0 Å². The van der Waals surface area contributed by atoms with Crippen molar-refractivity contribution in [3.8, 4) is 5.75 Å². The lowest BCUT2D eigenvalue weighted by molar-refractivity contribution is -0.696. The number of benzene rings is 3. The zero-order valence-electron chi connectivity index (χ0n) is 18.2. The van der Waals surface area contributed by atoms with Gasteiger partial charge in [-0.1, -0.05) is 48.0 Å². The summed E-state index contributed by atoms with van der Waals surface area (Å²) in [5, 5.41) is 15.6. The van der Waals surface area contributed by atoms with E-state index >= 15 is 5.11 Å². The molecule has 0 saturated heterocycles. The van der Waals surface area contributed by atoms with E-state index in [1.54, 1.807) is 19.2 Å². The van der Waals surface area contributed by atoms with Gasteiger partial charge in [-0.25, -0.2) is 9.13 Å². The molecule has 0 N–H and O–H groups in total. The minimum Gasteiger partial charge on any atom is -0.832 e. The number of aryl methyl sites for hydroxylation is 2. The maximum absolute atomic E-state index is 15.2. The van der Waals surface area contributed by atoms with Crippen molar-refractivity contribution in [2.45, 2.75) is 5.60 Å². The molecule has 32 heavy (non-hydrogen) atoms. The quantitative estimate of drug-likeness (QED) is 0.333. The zero-order valence-corrected chi connectivity index (χ0v) is 19.0. The van der Waals surface area contributed by atoms with Crippen LogP contribution in [-0.2, 0) is 19.7 Å². The van der Waals surface area contributed by atoms with Crippen molar-refractivity contribution in [1.29, 1.82) is 0 Å². The molecule has 4 aromatic rings. The van der Waals surface area contributed by atoms with Crippen molar-refractivity contribution < 1.29 is 14.4 Å². The van der Waals surface area contributed by atoms with Crippen molar-refractivity contribution in [1.82, 2.24) is 4.57 Å². The Balaban J connectivity index is 2.08. The third-order valence-electron chi connectivity index (χ3n) is 5.44. The Kier molecular flexibility index (Phi) is 6.12. The van der Waals surface area contributed by atoms with Crippen LogP contribution in [0, 0.1) is 0 Å². The van der Waals surface area contributed by atoms with Gasteiger partial charge in [-0.05, 0) is 53.6 Å². The summed E-state index contributed by atoms with van der Waals surface area (Å²) in [5.41, 5.74) is 0.255. The highest BCUT2D eigenvalue weighted by molar-refractivity contribution is 6.32. The van der Waals surface area contributed by atoms with E-state index < -0.39 is 5.60 Å². The third-order valence-corrected chi connectivity index (χ3v) is 5.77. The van der Waals surface area contributed by atoms with Gasteiger partial charge in [-0.15, -0.1) is 0 Å². The molecule has 1 aromatic heterocycles.